The van der Waals surface area contributed by atoms with Crippen LogP contribution in [0.4, 0.5) is 0 Å². The lowest BCUT2D eigenvalue weighted by Crippen LogP contribution is -2.66. The van der Waals surface area contributed by atoms with Crippen LogP contribution in [-0.4, -0.2) is 52.3 Å². The van der Waals surface area contributed by atoms with E-state index in [2.05, 4.69) is 4.98 Å². The van der Waals surface area contributed by atoms with E-state index < -0.39 is 0 Å². The molecule has 2 aliphatic heterocycles. The molecule has 6 nitrogen and oxygen atoms in total. The van der Waals surface area contributed by atoms with Gasteiger partial charge in [-0.05, 0) is 43.9 Å². The summed E-state index contributed by atoms with van der Waals surface area (Å²) in [4.78, 5) is 19.6. The highest BCUT2D eigenvalue weighted by Gasteiger charge is 2.54. The molecule has 3 aromatic rings. The largest absolute Gasteiger partial charge is 0.375 e. The van der Waals surface area contributed by atoms with Crippen molar-refractivity contribution in [1.82, 2.24) is 14.5 Å². The Morgan fingerprint density at radius 2 is 2.06 bits per heavy atom. The van der Waals surface area contributed by atoms with Crippen molar-refractivity contribution in [3.05, 3.63) is 65.6 Å². The second-order valence-corrected chi connectivity index (χ2v) is 8.84. The molecule has 0 radical (unpaired) electrons. The van der Waals surface area contributed by atoms with Crippen molar-refractivity contribution in [1.29, 1.82) is 0 Å². The second-order valence-electron chi connectivity index (χ2n) is 8.84. The summed E-state index contributed by atoms with van der Waals surface area (Å²) in [6, 6.07) is 14.1. The van der Waals surface area contributed by atoms with Gasteiger partial charge in [0, 0.05) is 43.1 Å². The maximum atomic E-state index is 13.2. The number of rotatable bonds is 6. The van der Waals surface area contributed by atoms with Gasteiger partial charge in [0.2, 0.25) is 0 Å². The Bertz CT molecular complexity index is 1100. The number of hydrogen-bond acceptors (Lipinski definition) is 4. The number of fused-ring (bicyclic) bond motifs is 1. The average molecular weight is 420 g/mol. The van der Waals surface area contributed by atoms with Gasteiger partial charge < -0.3 is 18.9 Å². The lowest BCUT2D eigenvalue weighted by Gasteiger charge is -2.50. The maximum Gasteiger partial charge on any atom is 0.256 e. The molecule has 1 aromatic carbocycles. The summed E-state index contributed by atoms with van der Waals surface area (Å²) >= 11 is 0. The van der Waals surface area contributed by atoms with Crippen LogP contribution in [-0.2, 0) is 23.1 Å². The quantitative estimate of drug-likeness (QED) is 0.572. The zero-order chi connectivity index (χ0) is 21.4. The summed E-state index contributed by atoms with van der Waals surface area (Å²) in [6.07, 6.45) is 3.92. The molecule has 2 saturated heterocycles. The van der Waals surface area contributed by atoms with E-state index in [0.717, 1.165) is 47.3 Å². The third-order valence-corrected chi connectivity index (χ3v) is 6.74. The minimum Gasteiger partial charge on any atom is -0.375 e. The molecule has 2 fully saturated rings. The van der Waals surface area contributed by atoms with Gasteiger partial charge in [0.15, 0.2) is 0 Å². The molecular formula is C25H29N3O3. The first-order valence-corrected chi connectivity index (χ1v) is 11.0. The van der Waals surface area contributed by atoms with Gasteiger partial charge in [-0.3, -0.25) is 9.78 Å². The van der Waals surface area contributed by atoms with Crippen molar-refractivity contribution in [3.8, 4) is 0 Å². The van der Waals surface area contributed by atoms with Crippen molar-refractivity contribution in [3.63, 3.8) is 0 Å². The van der Waals surface area contributed by atoms with Crippen LogP contribution in [0.2, 0.25) is 0 Å². The highest BCUT2D eigenvalue weighted by atomic mass is 16.5. The Morgan fingerprint density at radius 3 is 2.90 bits per heavy atom. The summed E-state index contributed by atoms with van der Waals surface area (Å²) < 4.78 is 14.1. The lowest BCUT2D eigenvalue weighted by atomic mass is 9.79. The fourth-order valence-electron chi connectivity index (χ4n) is 5.05. The number of carbonyl (C=O) groups is 1. The SMILES string of the molecule is Cc1cccc(COCC[C@H]2CCOC23CN(C(=O)c2cn(C)c4ccccc24)C3)n1. The van der Waals surface area contributed by atoms with Crippen LogP contribution in [0, 0.1) is 12.8 Å². The van der Waals surface area contributed by atoms with Crippen LogP contribution in [0.15, 0.2) is 48.7 Å². The van der Waals surface area contributed by atoms with Gasteiger partial charge in [0.05, 0.1) is 31.0 Å². The van der Waals surface area contributed by atoms with E-state index in [9.17, 15) is 4.79 Å². The first kappa shape index (κ1) is 20.2. The summed E-state index contributed by atoms with van der Waals surface area (Å²) in [5.74, 6) is 0.521. The number of aromatic nitrogens is 2. The predicted molar refractivity (Wildman–Crippen MR) is 119 cm³/mol. The smallest absolute Gasteiger partial charge is 0.256 e. The molecule has 1 spiro atoms. The van der Waals surface area contributed by atoms with Crippen molar-refractivity contribution in [2.24, 2.45) is 13.0 Å². The molecule has 0 unspecified atom stereocenters. The molecule has 0 aliphatic carbocycles. The van der Waals surface area contributed by atoms with E-state index in [4.69, 9.17) is 9.47 Å². The number of aryl methyl sites for hydroxylation is 2. The molecule has 4 heterocycles. The van der Waals surface area contributed by atoms with Crippen LogP contribution >= 0.6 is 0 Å². The monoisotopic (exact) mass is 419 g/mol. The van der Waals surface area contributed by atoms with E-state index in [1.807, 2.05) is 72.1 Å². The van der Waals surface area contributed by atoms with Gasteiger partial charge in [-0.25, -0.2) is 0 Å². The number of hydrogen-bond donors (Lipinski definition) is 0. The van der Waals surface area contributed by atoms with Gasteiger partial charge in [-0.15, -0.1) is 0 Å². The van der Waals surface area contributed by atoms with Crippen molar-refractivity contribution in [2.45, 2.75) is 32.0 Å². The minimum atomic E-state index is -0.203. The van der Waals surface area contributed by atoms with E-state index in [0.29, 0.717) is 32.2 Å². The van der Waals surface area contributed by atoms with Gasteiger partial charge in [-0.2, -0.15) is 0 Å². The fraction of sp³-hybridized carbons (Fsp3) is 0.440. The highest BCUT2D eigenvalue weighted by molar-refractivity contribution is 6.07. The molecular weight excluding hydrogens is 390 g/mol. The zero-order valence-corrected chi connectivity index (χ0v) is 18.2. The van der Waals surface area contributed by atoms with Crippen LogP contribution < -0.4 is 0 Å². The van der Waals surface area contributed by atoms with Crippen molar-refractivity contribution in [2.75, 3.05) is 26.3 Å². The summed E-state index contributed by atoms with van der Waals surface area (Å²) in [7, 11) is 1.99. The van der Waals surface area contributed by atoms with E-state index in [-0.39, 0.29) is 11.5 Å². The minimum absolute atomic E-state index is 0.0958. The predicted octanol–water partition coefficient (Wildman–Crippen LogP) is 3.72. The molecule has 6 heteroatoms. The summed E-state index contributed by atoms with van der Waals surface area (Å²) in [6.45, 7) is 5.31. The molecule has 1 atom stereocenters. The van der Waals surface area contributed by atoms with Crippen molar-refractivity contribution < 1.29 is 14.3 Å². The standard InChI is InChI=1S/C25H29N3O3/c1-18-6-5-7-20(26-18)15-30-12-10-19-11-13-31-25(19)16-28(17-25)24(29)22-14-27(2)23-9-4-3-8-21(22)23/h3-9,14,19H,10-13,15-17H2,1-2H3/t19-/m0/s1. The molecule has 0 N–H and O–H groups in total. The number of carbonyl (C=O) groups excluding carboxylic acids is 1. The topological polar surface area (TPSA) is 56.6 Å². The van der Waals surface area contributed by atoms with E-state index in [1.54, 1.807) is 0 Å². The molecule has 2 aromatic heterocycles. The lowest BCUT2D eigenvalue weighted by molar-refractivity contribution is -0.120. The number of para-hydroxylation sites is 1. The van der Waals surface area contributed by atoms with E-state index in [1.165, 1.54) is 0 Å². The first-order chi connectivity index (χ1) is 15.1. The Morgan fingerprint density at radius 1 is 1.23 bits per heavy atom. The molecule has 162 valence electrons. The Balaban J connectivity index is 1.17. The number of nitrogens with zero attached hydrogens (tertiary/aromatic N) is 3. The van der Waals surface area contributed by atoms with Crippen LogP contribution in [0.25, 0.3) is 10.9 Å². The molecule has 2 aliphatic rings. The fourth-order valence-corrected chi connectivity index (χ4v) is 5.05. The average Bonchev–Trinajstić information content (AvgIpc) is 3.31. The van der Waals surface area contributed by atoms with Gasteiger partial charge in [-0.1, -0.05) is 24.3 Å². The van der Waals surface area contributed by atoms with Crippen LogP contribution in [0.3, 0.4) is 0 Å². The first-order valence-electron chi connectivity index (χ1n) is 11.0. The third-order valence-electron chi connectivity index (χ3n) is 6.74. The number of benzene rings is 1. The Labute approximate surface area is 182 Å². The molecule has 1 amide bonds. The van der Waals surface area contributed by atoms with Gasteiger partial charge >= 0.3 is 0 Å². The van der Waals surface area contributed by atoms with Crippen LogP contribution in [0.5, 0.6) is 0 Å². The second kappa shape index (κ2) is 8.09. The Kier molecular flexibility index (Phi) is 5.28. The number of likely N-dealkylation sites (tertiary alicyclic amines) is 1. The normalized spacial score (nSPS) is 19.8. The van der Waals surface area contributed by atoms with Crippen LogP contribution in [0.1, 0.15) is 34.6 Å². The highest BCUT2D eigenvalue weighted by Crippen LogP contribution is 2.42. The van der Waals surface area contributed by atoms with E-state index >= 15 is 0 Å². The molecule has 5 rings (SSSR count). The molecule has 0 bridgehead atoms. The number of pyridine rings is 1. The molecule has 31 heavy (non-hydrogen) atoms. The maximum absolute atomic E-state index is 13.2. The van der Waals surface area contributed by atoms with Gasteiger partial charge in [0.1, 0.15) is 5.60 Å². The summed E-state index contributed by atoms with van der Waals surface area (Å²) in [5, 5.41) is 1.01. The number of ether oxygens (including phenoxy) is 2. The van der Waals surface area contributed by atoms with Crippen molar-refractivity contribution >= 4 is 16.8 Å². The Hall–Kier alpha value is -2.70. The zero-order valence-electron chi connectivity index (χ0n) is 18.2. The third kappa shape index (κ3) is 3.75. The van der Waals surface area contributed by atoms with Gasteiger partial charge in [0.25, 0.3) is 5.91 Å². The summed E-state index contributed by atoms with van der Waals surface area (Å²) in [5.41, 5.74) is 3.63. The number of amides is 1. The molecule has 0 saturated carbocycles.